The van der Waals surface area contributed by atoms with E-state index in [4.69, 9.17) is 34.8 Å². The fourth-order valence-electron chi connectivity index (χ4n) is 2.28. The Morgan fingerprint density at radius 2 is 1.65 bits per heavy atom. The van der Waals surface area contributed by atoms with E-state index in [1.54, 1.807) is 4.68 Å². The van der Waals surface area contributed by atoms with Crippen molar-refractivity contribution in [2.45, 2.75) is 18.7 Å². The van der Waals surface area contributed by atoms with E-state index in [0.717, 1.165) is 11.4 Å². The first-order valence-electron chi connectivity index (χ1n) is 7.20. The number of nitrogens with one attached hydrogen (secondary N) is 1. The van der Waals surface area contributed by atoms with E-state index < -0.39 is 10.0 Å². The highest BCUT2D eigenvalue weighted by Crippen LogP contribution is 2.32. The molecule has 3 aromatic rings. The van der Waals surface area contributed by atoms with Gasteiger partial charge in [0.1, 0.15) is 17.0 Å². The zero-order valence-electron chi connectivity index (χ0n) is 13.5. The third-order valence-electron chi connectivity index (χ3n) is 3.38. The number of anilines is 1. The molecule has 136 valence electrons. The van der Waals surface area contributed by atoms with Crippen molar-refractivity contribution in [2.24, 2.45) is 0 Å². The lowest BCUT2D eigenvalue weighted by Gasteiger charge is -2.11. The smallest absolute Gasteiger partial charge is 0.263 e. The van der Waals surface area contributed by atoms with E-state index in [1.807, 2.05) is 19.9 Å². The van der Waals surface area contributed by atoms with Gasteiger partial charge in [-0.2, -0.15) is 5.10 Å². The highest BCUT2D eigenvalue weighted by atomic mass is 35.5. The molecule has 0 aliphatic heterocycles. The van der Waals surface area contributed by atoms with Gasteiger partial charge < -0.3 is 0 Å². The van der Waals surface area contributed by atoms with Crippen LogP contribution in [-0.2, 0) is 10.0 Å². The number of hydrogen-bond acceptors (Lipinski definition) is 5. The molecule has 11 heteroatoms. The maximum absolute atomic E-state index is 12.6. The van der Waals surface area contributed by atoms with Gasteiger partial charge in [-0.3, -0.25) is 4.72 Å². The molecule has 0 bridgehead atoms. The van der Waals surface area contributed by atoms with E-state index in [9.17, 15) is 8.42 Å². The van der Waals surface area contributed by atoms with E-state index in [2.05, 4.69) is 19.8 Å². The summed E-state index contributed by atoms with van der Waals surface area (Å²) < 4.78 is 29.2. The van der Waals surface area contributed by atoms with E-state index in [-0.39, 0.29) is 25.8 Å². The summed E-state index contributed by atoms with van der Waals surface area (Å²) in [5.41, 5.74) is 1.66. The Bertz CT molecular complexity index is 1100. The predicted molar refractivity (Wildman–Crippen MR) is 101 cm³/mol. The first-order chi connectivity index (χ1) is 12.2. The first kappa shape index (κ1) is 18.9. The average molecular weight is 433 g/mol. The molecule has 26 heavy (non-hydrogen) atoms. The second kappa shape index (κ2) is 7.03. The Labute approximate surface area is 165 Å². The maximum Gasteiger partial charge on any atom is 0.264 e. The number of halogens is 3. The largest absolute Gasteiger partial charge is 0.264 e. The van der Waals surface area contributed by atoms with Gasteiger partial charge in [-0.1, -0.05) is 34.8 Å². The minimum atomic E-state index is -4.03. The number of hydrogen-bond donors (Lipinski definition) is 1. The zero-order chi connectivity index (χ0) is 19.1. The van der Waals surface area contributed by atoms with Crippen molar-refractivity contribution in [3.63, 3.8) is 0 Å². The predicted octanol–water partition coefficient (Wildman–Crippen LogP) is 4.04. The Kier molecular flexibility index (Phi) is 5.12. The molecule has 3 rings (SSSR count). The molecular formula is C15H12Cl3N5O2S. The van der Waals surface area contributed by atoms with Gasteiger partial charge in [-0.25, -0.2) is 23.1 Å². The summed E-state index contributed by atoms with van der Waals surface area (Å²) in [6.45, 7) is 3.71. The van der Waals surface area contributed by atoms with Gasteiger partial charge in [0.25, 0.3) is 10.0 Å². The number of benzene rings is 1. The minimum Gasteiger partial charge on any atom is -0.263 e. The Morgan fingerprint density at radius 1 is 0.962 bits per heavy atom. The van der Waals surface area contributed by atoms with E-state index in [0.29, 0.717) is 5.82 Å². The Hall–Kier alpha value is -1.87. The van der Waals surface area contributed by atoms with Crippen molar-refractivity contribution >= 4 is 50.6 Å². The van der Waals surface area contributed by atoms with Crippen LogP contribution in [0.2, 0.25) is 15.1 Å². The highest BCUT2D eigenvalue weighted by Gasteiger charge is 2.21. The van der Waals surface area contributed by atoms with Crippen LogP contribution in [0.15, 0.2) is 35.5 Å². The van der Waals surface area contributed by atoms with Gasteiger partial charge >= 0.3 is 0 Å². The van der Waals surface area contributed by atoms with Crippen molar-refractivity contribution in [3.05, 3.63) is 57.0 Å². The second-order valence-electron chi connectivity index (χ2n) is 5.40. The molecule has 0 radical (unpaired) electrons. The van der Waals surface area contributed by atoms with Gasteiger partial charge in [0, 0.05) is 11.8 Å². The average Bonchev–Trinajstić information content (AvgIpc) is 2.89. The maximum atomic E-state index is 12.6. The van der Waals surface area contributed by atoms with Gasteiger partial charge in [0.2, 0.25) is 0 Å². The zero-order valence-corrected chi connectivity index (χ0v) is 16.6. The summed E-state index contributed by atoms with van der Waals surface area (Å²) in [5.74, 6) is 0.480. The molecule has 0 saturated heterocycles. The van der Waals surface area contributed by atoms with Crippen LogP contribution in [-0.4, -0.2) is 28.2 Å². The lowest BCUT2D eigenvalue weighted by molar-refractivity contribution is 0.601. The number of nitrogens with zero attached hydrogens (tertiary/aromatic N) is 4. The third-order valence-corrected chi connectivity index (χ3v) is 5.92. The summed E-state index contributed by atoms with van der Waals surface area (Å²) in [4.78, 5) is 7.85. The van der Waals surface area contributed by atoms with Gasteiger partial charge in [0.15, 0.2) is 5.82 Å². The molecule has 0 atom stereocenters. The molecule has 0 fully saturated rings. The molecule has 2 heterocycles. The second-order valence-corrected chi connectivity index (χ2v) is 8.28. The number of aromatic nitrogens is 4. The molecule has 1 N–H and O–H groups in total. The van der Waals surface area contributed by atoms with Crippen LogP contribution in [0.5, 0.6) is 0 Å². The molecule has 0 saturated carbocycles. The normalized spacial score (nSPS) is 11.6. The molecule has 2 aromatic heterocycles. The van der Waals surface area contributed by atoms with Gasteiger partial charge in [0.05, 0.1) is 20.8 Å². The van der Waals surface area contributed by atoms with Crippen LogP contribution in [0.1, 0.15) is 11.4 Å². The summed E-state index contributed by atoms with van der Waals surface area (Å²) in [6.07, 6.45) is 1.24. The van der Waals surface area contributed by atoms with Crippen LogP contribution >= 0.6 is 34.8 Å². The Balaban J connectivity index is 1.97. The van der Waals surface area contributed by atoms with E-state index >= 15 is 0 Å². The van der Waals surface area contributed by atoms with Crippen LogP contribution in [0, 0.1) is 13.8 Å². The standard InChI is InChI=1S/C15H12Cl3N5O2S/c1-8-3-9(2)23(21-8)15-6-14(19-7-20-15)22-26(24,25)13-5-11(17)10(16)4-12(13)18/h3-7H,1-2H3,(H,19,20,22). The number of sulfonamides is 1. The molecule has 0 spiro atoms. The minimum absolute atomic E-state index is 0.0558. The van der Waals surface area contributed by atoms with Crippen molar-refractivity contribution in [2.75, 3.05) is 4.72 Å². The van der Waals surface area contributed by atoms with Crippen molar-refractivity contribution in [1.82, 2.24) is 19.7 Å². The first-order valence-corrected chi connectivity index (χ1v) is 9.82. The number of aryl methyl sites for hydroxylation is 2. The quantitative estimate of drug-likeness (QED) is 0.628. The van der Waals surface area contributed by atoms with Crippen molar-refractivity contribution in [1.29, 1.82) is 0 Å². The number of rotatable bonds is 4. The molecule has 0 amide bonds. The topological polar surface area (TPSA) is 89.8 Å². The van der Waals surface area contributed by atoms with Gasteiger partial charge in [-0.15, -0.1) is 0 Å². The summed E-state index contributed by atoms with van der Waals surface area (Å²) in [7, 11) is -4.03. The fraction of sp³-hybridized carbons (Fsp3) is 0.133. The van der Waals surface area contributed by atoms with E-state index in [1.165, 1.54) is 24.5 Å². The molecule has 0 aliphatic rings. The van der Waals surface area contributed by atoms with Crippen LogP contribution in [0.3, 0.4) is 0 Å². The molecule has 0 unspecified atom stereocenters. The lowest BCUT2D eigenvalue weighted by Crippen LogP contribution is -2.15. The lowest BCUT2D eigenvalue weighted by atomic mass is 10.4. The fourth-order valence-corrected chi connectivity index (χ4v) is 4.28. The summed E-state index contributed by atoms with van der Waals surface area (Å²) >= 11 is 17.7. The summed E-state index contributed by atoms with van der Waals surface area (Å²) in [5, 5.41) is 4.48. The molecular weight excluding hydrogens is 421 g/mol. The van der Waals surface area contributed by atoms with Crippen LogP contribution < -0.4 is 4.72 Å². The Morgan fingerprint density at radius 3 is 2.31 bits per heavy atom. The third kappa shape index (κ3) is 3.78. The highest BCUT2D eigenvalue weighted by molar-refractivity contribution is 7.92. The molecule has 0 aliphatic carbocycles. The van der Waals surface area contributed by atoms with Crippen molar-refractivity contribution in [3.8, 4) is 5.82 Å². The van der Waals surface area contributed by atoms with Gasteiger partial charge in [-0.05, 0) is 32.0 Å². The molecule has 1 aromatic carbocycles. The van der Waals surface area contributed by atoms with Crippen molar-refractivity contribution < 1.29 is 8.42 Å². The van der Waals surface area contributed by atoms with Crippen LogP contribution in [0.4, 0.5) is 5.82 Å². The SMILES string of the molecule is Cc1cc(C)n(-c2cc(NS(=O)(=O)c3cc(Cl)c(Cl)cc3Cl)ncn2)n1. The summed E-state index contributed by atoms with van der Waals surface area (Å²) in [6, 6.07) is 5.78. The molecule has 7 nitrogen and oxygen atoms in total. The monoisotopic (exact) mass is 431 g/mol. The van der Waals surface area contributed by atoms with Crippen LogP contribution in [0.25, 0.3) is 5.82 Å².